The van der Waals surface area contributed by atoms with E-state index in [4.69, 9.17) is 4.98 Å². The minimum Gasteiger partial charge on any atom is -0.340 e. The van der Waals surface area contributed by atoms with Gasteiger partial charge in [-0.2, -0.15) is 4.98 Å². The molecule has 6 nitrogen and oxygen atoms in total. The number of anilines is 3. The molecule has 0 bridgehead atoms. The Labute approximate surface area is 154 Å². The molecule has 0 aliphatic carbocycles. The van der Waals surface area contributed by atoms with E-state index in [1.807, 2.05) is 24.9 Å². The molecule has 0 saturated carbocycles. The van der Waals surface area contributed by atoms with Crippen LogP contribution in [0.5, 0.6) is 0 Å². The third kappa shape index (κ3) is 3.28. The molecule has 0 radical (unpaired) electrons. The maximum absolute atomic E-state index is 11.8. The van der Waals surface area contributed by atoms with Crippen LogP contribution in [0.25, 0.3) is 0 Å². The molecule has 0 spiro atoms. The summed E-state index contributed by atoms with van der Waals surface area (Å²) in [5.74, 6) is 1.92. The lowest BCUT2D eigenvalue weighted by molar-refractivity contribution is 0.600. The molecular formula is C19H24N4O2S. The molecule has 3 heterocycles. The standard InChI is InChI=1S/C19H24N4O2S/c1-14-12-18(23-10-5-7-15-6-3-4-8-17(15)23)21-19(20-14)22(2)16-9-11-26(24,25)13-16/h3-4,6,8,12,16H,5,7,9-11,13H2,1-2H3. The van der Waals surface area contributed by atoms with Gasteiger partial charge in [0.25, 0.3) is 0 Å². The lowest BCUT2D eigenvalue weighted by Gasteiger charge is -2.31. The normalized spacial score (nSPS) is 21.5. The fourth-order valence-corrected chi connectivity index (χ4v) is 5.62. The number of benzene rings is 1. The van der Waals surface area contributed by atoms with Gasteiger partial charge in [0.15, 0.2) is 9.84 Å². The van der Waals surface area contributed by atoms with Crippen molar-refractivity contribution < 1.29 is 8.42 Å². The topological polar surface area (TPSA) is 66.4 Å². The summed E-state index contributed by atoms with van der Waals surface area (Å²) in [4.78, 5) is 13.5. The lowest BCUT2D eigenvalue weighted by Crippen LogP contribution is -2.34. The van der Waals surface area contributed by atoms with E-state index < -0.39 is 9.84 Å². The lowest BCUT2D eigenvalue weighted by atomic mass is 10.0. The smallest absolute Gasteiger partial charge is 0.227 e. The summed E-state index contributed by atoms with van der Waals surface area (Å²) in [6.07, 6.45) is 2.81. The summed E-state index contributed by atoms with van der Waals surface area (Å²) in [5.41, 5.74) is 3.43. The van der Waals surface area contributed by atoms with Gasteiger partial charge in [0, 0.05) is 37.1 Å². The van der Waals surface area contributed by atoms with E-state index in [1.54, 1.807) is 0 Å². The van der Waals surface area contributed by atoms with Gasteiger partial charge in [-0.1, -0.05) is 18.2 Å². The molecule has 2 aliphatic rings. The highest BCUT2D eigenvalue weighted by Crippen LogP contribution is 2.33. The summed E-state index contributed by atoms with van der Waals surface area (Å²) >= 11 is 0. The number of sulfone groups is 1. The quantitative estimate of drug-likeness (QED) is 0.825. The van der Waals surface area contributed by atoms with E-state index in [9.17, 15) is 8.42 Å². The van der Waals surface area contributed by atoms with E-state index >= 15 is 0 Å². The number of hydrogen-bond donors (Lipinski definition) is 0. The minimum atomic E-state index is -2.94. The summed E-state index contributed by atoms with van der Waals surface area (Å²) in [7, 11) is -1.04. The van der Waals surface area contributed by atoms with Crippen molar-refractivity contribution in [2.75, 3.05) is 34.9 Å². The minimum absolute atomic E-state index is 0.0525. The molecule has 4 rings (SSSR count). The van der Waals surface area contributed by atoms with Crippen molar-refractivity contribution in [2.24, 2.45) is 0 Å². The zero-order valence-electron chi connectivity index (χ0n) is 15.2. The molecule has 2 aromatic rings. The van der Waals surface area contributed by atoms with Gasteiger partial charge in [-0.05, 0) is 37.8 Å². The molecule has 2 aliphatic heterocycles. The van der Waals surface area contributed by atoms with Crippen LogP contribution < -0.4 is 9.80 Å². The van der Waals surface area contributed by atoms with Gasteiger partial charge >= 0.3 is 0 Å². The van der Waals surface area contributed by atoms with E-state index in [2.05, 4.69) is 34.1 Å². The van der Waals surface area contributed by atoms with Crippen LogP contribution in [0.3, 0.4) is 0 Å². The van der Waals surface area contributed by atoms with E-state index in [0.29, 0.717) is 12.4 Å². The van der Waals surface area contributed by atoms with Gasteiger partial charge in [0.05, 0.1) is 11.5 Å². The maximum Gasteiger partial charge on any atom is 0.227 e. The van der Waals surface area contributed by atoms with E-state index in [1.165, 1.54) is 11.3 Å². The fraction of sp³-hybridized carbons (Fsp3) is 0.474. The van der Waals surface area contributed by atoms with Gasteiger partial charge in [-0.15, -0.1) is 0 Å². The molecule has 1 saturated heterocycles. The largest absolute Gasteiger partial charge is 0.340 e. The number of para-hydroxylation sites is 1. The van der Waals surface area contributed by atoms with Gasteiger partial charge in [-0.25, -0.2) is 13.4 Å². The fourth-order valence-electron chi connectivity index (χ4n) is 3.85. The molecular weight excluding hydrogens is 348 g/mol. The van der Waals surface area contributed by atoms with Crippen molar-refractivity contribution in [2.45, 2.75) is 32.2 Å². The van der Waals surface area contributed by atoms with Crippen LogP contribution in [0, 0.1) is 6.92 Å². The van der Waals surface area contributed by atoms with Gasteiger partial charge in [0.2, 0.25) is 5.95 Å². The van der Waals surface area contributed by atoms with Crippen molar-refractivity contribution in [3.8, 4) is 0 Å². The number of fused-ring (bicyclic) bond motifs is 1. The average molecular weight is 372 g/mol. The van der Waals surface area contributed by atoms with Crippen molar-refractivity contribution >= 4 is 27.3 Å². The third-order valence-electron chi connectivity index (χ3n) is 5.29. The number of aromatic nitrogens is 2. The predicted molar refractivity (Wildman–Crippen MR) is 104 cm³/mol. The first-order valence-electron chi connectivity index (χ1n) is 9.07. The first kappa shape index (κ1) is 17.3. The third-order valence-corrected chi connectivity index (χ3v) is 7.04. The Morgan fingerprint density at radius 2 is 2.04 bits per heavy atom. The molecule has 138 valence electrons. The zero-order valence-corrected chi connectivity index (χ0v) is 16.0. The molecule has 1 fully saturated rings. The first-order chi connectivity index (χ1) is 12.4. The maximum atomic E-state index is 11.8. The number of aryl methyl sites for hydroxylation is 2. The van der Waals surface area contributed by atoms with Crippen LogP contribution in [0.2, 0.25) is 0 Å². The predicted octanol–water partition coefficient (Wildman–Crippen LogP) is 2.49. The zero-order chi connectivity index (χ0) is 18.3. The number of nitrogens with zero attached hydrogens (tertiary/aromatic N) is 4. The van der Waals surface area contributed by atoms with Gasteiger partial charge < -0.3 is 9.80 Å². The molecule has 7 heteroatoms. The monoisotopic (exact) mass is 372 g/mol. The number of rotatable bonds is 3. The second-order valence-electron chi connectivity index (χ2n) is 7.22. The number of hydrogen-bond acceptors (Lipinski definition) is 6. The average Bonchev–Trinajstić information content (AvgIpc) is 3.00. The van der Waals surface area contributed by atoms with E-state index in [-0.39, 0.29) is 17.5 Å². The Bertz CT molecular complexity index is 929. The Kier molecular flexibility index (Phi) is 4.34. The van der Waals surface area contributed by atoms with Crippen LogP contribution in [0.15, 0.2) is 30.3 Å². The molecule has 1 unspecified atom stereocenters. The van der Waals surface area contributed by atoms with Crippen LogP contribution in [0.1, 0.15) is 24.1 Å². The summed E-state index contributed by atoms with van der Waals surface area (Å²) in [6, 6.07) is 10.4. The molecule has 1 aromatic carbocycles. The van der Waals surface area contributed by atoms with Gasteiger partial charge in [0.1, 0.15) is 5.82 Å². The van der Waals surface area contributed by atoms with Crippen molar-refractivity contribution in [1.29, 1.82) is 0 Å². The molecule has 0 amide bonds. The molecule has 26 heavy (non-hydrogen) atoms. The molecule has 0 N–H and O–H groups in total. The van der Waals surface area contributed by atoms with Crippen LogP contribution in [-0.4, -0.2) is 49.5 Å². The van der Waals surface area contributed by atoms with E-state index in [0.717, 1.165) is 30.9 Å². The van der Waals surface area contributed by atoms with Crippen LogP contribution in [0.4, 0.5) is 17.5 Å². The highest BCUT2D eigenvalue weighted by Gasteiger charge is 2.32. The highest BCUT2D eigenvalue weighted by molar-refractivity contribution is 7.91. The summed E-state index contributed by atoms with van der Waals surface area (Å²) in [6.45, 7) is 2.89. The summed E-state index contributed by atoms with van der Waals surface area (Å²) in [5, 5.41) is 0. The van der Waals surface area contributed by atoms with Gasteiger partial charge in [-0.3, -0.25) is 0 Å². The summed E-state index contributed by atoms with van der Waals surface area (Å²) < 4.78 is 23.6. The molecule has 1 atom stereocenters. The first-order valence-corrected chi connectivity index (χ1v) is 10.9. The Hall–Kier alpha value is -2.15. The van der Waals surface area contributed by atoms with Crippen molar-refractivity contribution in [3.63, 3.8) is 0 Å². The SMILES string of the molecule is Cc1cc(N2CCCc3ccccc32)nc(N(C)C2CCS(=O)(=O)C2)n1. The van der Waals surface area contributed by atoms with Crippen LogP contribution >= 0.6 is 0 Å². The Morgan fingerprint density at radius 1 is 1.23 bits per heavy atom. The van der Waals surface area contributed by atoms with Crippen LogP contribution in [-0.2, 0) is 16.3 Å². The van der Waals surface area contributed by atoms with Crippen molar-refractivity contribution in [3.05, 3.63) is 41.6 Å². The second-order valence-corrected chi connectivity index (χ2v) is 9.45. The Balaban J connectivity index is 1.68. The Morgan fingerprint density at radius 3 is 2.81 bits per heavy atom. The van der Waals surface area contributed by atoms with Crippen molar-refractivity contribution in [1.82, 2.24) is 9.97 Å². The second kappa shape index (κ2) is 6.54. The highest BCUT2D eigenvalue weighted by atomic mass is 32.2. The molecule has 1 aromatic heterocycles.